The molecule has 1 aliphatic carbocycles. The average Bonchev–Trinajstić information content (AvgIpc) is 3.30. The zero-order valence-electron chi connectivity index (χ0n) is 23.5. The SMILES string of the molecule is CC(=O)c1ccc(S(=O)(=O)C[C@@H]2C[C@H](N(C)C(C)C)CC[C@@H]2NC(=O)Cc2nc3c(C(F)(F)F)cccc3[nH]2)cc1. The van der Waals surface area contributed by atoms with E-state index in [1.807, 2.05) is 7.05 Å². The summed E-state index contributed by atoms with van der Waals surface area (Å²) in [5.41, 5.74) is -0.537. The maximum absolute atomic E-state index is 13.4. The summed E-state index contributed by atoms with van der Waals surface area (Å²) in [6, 6.07) is 9.45. The fourth-order valence-electron chi connectivity index (χ4n) is 5.49. The van der Waals surface area contributed by atoms with Crippen LogP contribution in [0.4, 0.5) is 13.2 Å². The molecule has 1 amide bonds. The minimum atomic E-state index is -4.58. The first-order valence-electron chi connectivity index (χ1n) is 13.6. The lowest BCUT2D eigenvalue weighted by molar-refractivity contribution is -0.136. The predicted molar refractivity (Wildman–Crippen MR) is 149 cm³/mol. The van der Waals surface area contributed by atoms with Crippen molar-refractivity contribution in [3.8, 4) is 0 Å². The molecule has 0 aliphatic heterocycles. The van der Waals surface area contributed by atoms with Crippen LogP contribution in [0, 0.1) is 5.92 Å². The van der Waals surface area contributed by atoms with Gasteiger partial charge in [0, 0.05) is 23.7 Å². The number of H-pyrrole nitrogens is 1. The minimum absolute atomic E-state index is 0.0946. The molecule has 0 unspecified atom stereocenters. The molecule has 8 nitrogen and oxygen atoms in total. The summed E-state index contributed by atoms with van der Waals surface area (Å²) in [6.45, 7) is 5.53. The van der Waals surface area contributed by atoms with Crippen molar-refractivity contribution < 1.29 is 31.2 Å². The second kappa shape index (κ2) is 11.9. The number of carbonyl (C=O) groups is 2. The van der Waals surface area contributed by atoms with Crippen LogP contribution < -0.4 is 5.32 Å². The van der Waals surface area contributed by atoms with Crippen molar-refractivity contribution in [3.63, 3.8) is 0 Å². The molecule has 1 heterocycles. The molecule has 3 atom stereocenters. The molecule has 2 aromatic carbocycles. The maximum Gasteiger partial charge on any atom is 0.418 e. The lowest BCUT2D eigenvalue weighted by atomic mass is 9.81. The number of amides is 1. The number of ketones is 1. The van der Waals surface area contributed by atoms with Crippen molar-refractivity contribution in [2.24, 2.45) is 5.92 Å². The molecule has 41 heavy (non-hydrogen) atoms. The number of hydrogen-bond acceptors (Lipinski definition) is 6. The van der Waals surface area contributed by atoms with E-state index in [0.29, 0.717) is 18.4 Å². The van der Waals surface area contributed by atoms with E-state index in [4.69, 9.17) is 0 Å². The molecule has 1 aromatic heterocycles. The van der Waals surface area contributed by atoms with E-state index in [1.165, 1.54) is 43.3 Å². The van der Waals surface area contributed by atoms with Gasteiger partial charge in [0.05, 0.1) is 28.1 Å². The Balaban J connectivity index is 1.53. The Labute approximate surface area is 237 Å². The Hall–Kier alpha value is -3.25. The highest BCUT2D eigenvalue weighted by atomic mass is 32.2. The van der Waals surface area contributed by atoms with Gasteiger partial charge in [0.1, 0.15) is 11.3 Å². The number of Topliss-reactive ketones (excluding diaryl/α,β-unsaturated/α-hetero) is 1. The van der Waals surface area contributed by atoms with Crippen LogP contribution in [-0.2, 0) is 27.2 Å². The fraction of sp³-hybridized carbons (Fsp3) is 0.483. The van der Waals surface area contributed by atoms with E-state index in [-0.39, 0.29) is 51.8 Å². The third-order valence-electron chi connectivity index (χ3n) is 7.94. The number of alkyl halides is 3. The zero-order chi connectivity index (χ0) is 30.1. The Morgan fingerprint density at radius 3 is 2.41 bits per heavy atom. The molecule has 0 bridgehead atoms. The van der Waals surface area contributed by atoms with Crippen molar-refractivity contribution in [2.75, 3.05) is 12.8 Å². The number of benzene rings is 2. The van der Waals surface area contributed by atoms with Gasteiger partial charge in [0.2, 0.25) is 5.91 Å². The van der Waals surface area contributed by atoms with Crippen LogP contribution in [0.2, 0.25) is 0 Å². The van der Waals surface area contributed by atoms with Crippen molar-refractivity contribution in [3.05, 3.63) is 59.4 Å². The number of aromatic nitrogens is 2. The summed E-state index contributed by atoms with van der Waals surface area (Å²) < 4.78 is 67.0. The van der Waals surface area contributed by atoms with Crippen LogP contribution in [0.15, 0.2) is 47.4 Å². The monoisotopic (exact) mass is 592 g/mol. The maximum atomic E-state index is 13.4. The zero-order valence-corrected chi connectivity index (χ0v) is 24.3. The van der Waals surface area contributed by atoms with Gasteiger partial charge < -0.3 is 15.2 Å². The van der Waals surface area contributed by atoms with Crippen molar-refractivity contribution in [2.45, 2.75) is 75.7 Å². The van der Waals surface area contributed by atoms with Gasteiger partial charge in [0.15, 0.2) is 15.6 Å². The molecule has 12 heteroatoms. The van der Waals surface area contributed by atoms with E-state index < -0.39 is 39.4 Å². The molecule has 2 N–H and O–H groups in total. The number of halogens is 3. The Bertz CT molecular complexity index is 1520. The number of nitrogens with one attached hydrogen (secondary N) is 2. The molecule has 3 aromatic rings. The first-order valence-corrected chi connectivity index (χ1v) is 15.2. The second-order valence-electron chi connectivity index (χ2n) is 11.1. The highest BCUT2D eigenvalue weighted by molar-refractivity contribution is 7.91. The summed E-state index contributed by atoms with van der Waals surface area (Å²) in [5.74, 6) is -1.12. The molecule has 4 rings (SSSR count). The van der Waals surface area contributed by atoms with Gasteiger partial charge in [-0.15, -0.1) is 0 Å². The lowest BCUT2D eigenvalue weighted by Gasteiger charge is -2.41. The van der Waals surface area contributed by atoms with Gasteiger partial charge in [-0.3, -0.25) is 9.59 Å². The van der Waals surface area contributed by atoms with Crippen molar-refractivity contribution >= 4 is 32.6 Å². The molecule has 1 aliphatic rings. The average molecular weight is 593 g/mol. The largest absolute Gasteiger partial charge is 0.418 e. The standard InChI is InChI=1S/C29H35F3N4O4S/c1-17(2)36(4)21-10-13-24(20(14-21)16-41(39,40)22-11-8-19(9-12-22)18(3)37)34-27(38)15-26-33-25-7-5-6-23(28(25)35-26)29(30,31)32/h5-9,11-12,17,20-21,24H,10,13-16H2,1-4H3,(H,33,35)(H,34,38)/t20-,21+,24-/m0/s1. The Morgan fingerprint density at radius 2 is 1.80 bits per heavy atom. The van der Waals surface area contributed by atoms with E-state index in [9.17, 15) is 31.2 Å². The van der Waals surface area contributed by atoms with E-state index >= 15 is 0 Å². The third-order valence-corrected chi connectivity index (χ3v) is 9.80. The van der Waals surface area contributed by atoms with Crippen LogP contribution in [0.25, 0.3) is 11.0 Å². The van der Waals surface area contributed by atoms with E-state index in [1.54, 1.807) is 0 Å². The number of fused-ring (bicyclic) bond motifs is 1. The molecule has 0 saturated heterocycles. The van der Waals surface area contributed by atoms with Crippen LogP contribution in [0.3, 0.4) is 0 Å². The quantitative estimate of drug-likeness (QED) is 0.346. The number of rotatable bonds is 9. The first kappa shape index (κ1) is 30.7. The number of imidazole rings is 1. The third kappa shape index (κ3) is 7.16. The number of sulfone groups is 1. The van der Waals surface area contributed by atoms with Gasteiger partial charge in [-0.2, -0.15) is 13.2 Å². The second-order valence-corrected chi connectivity index (χ2v) is 13.1. The summed E-state index contributed by atoms with van der Waals surface area (Å²) >= 11 is 0. The topological polar surface area (TPSA) is 112 Å². The van der Waals surface area contributed by atoms with E-state index in [2.05, 4.69) is 34.0 Å². The smallest absolute Gasteiger partial charge is 0.353 e. The van der Waals surface area contributed by atoms with Crippen LogP contribution in [-0.4, -0.2) is 65.9 Å². The summed E-state index contributed by atoms with van der Waals surface area (Å²) in [7, 11) is -1.74. The van der Waals surface area contributed by atoms with Gasteiger partial charge in [-0.05, 0) is 77.3 Å². The lowest BCUT2D eigenvalue weighted by Crippen LogP contribution is -2.51. The first-order chi connectivity index (χ1) is 19.2. The van der Waals surface area contributed by atoms with Crippen molar-refractivity contribution in [1.82, 2.24) is 20.2 Å². The van der Waals surface area contributed by atoms with Gasteiger partial charge in [-0.25, -0.2) is 13.4 Å². The highest BCUT2D eigenvalue weighted by Crippen LogP contribution is 2.34. The molecule has 0 spiro atoms. The number of hydrogen-bond donors (Lipinski definition) is 2. The highest BCUT2D eigenvalue weighted by Gasteiger charge is 2.37. The molecular weight excluding hydrogens is 557 g/mol. The Kier molecular flexibility index (Phi) is 8.93. The number of aromatic amines is 1. The number of para-hydroxylation sites is 1. The molecule has 1 saturated carbocycles. The van der Waals surface area contributed by atoms with E-state index in [0.717, 1.165) is 12.5 Å². The van der Waals surface area contributed by atoms with Crippen molar-refractivity contribution in [1.29, 1.82) is 0 Å². The molecule has 1 fully saturated rings. The molecule has 222 valence electrons. The summed E-state index contributed by atoms with van der Waals surface area (Å²) in [4.78, 5) is 33.8. The predicted octanol–water partition coefficient (Wildman–Crippen LogP) is 4.79. The fourth-order valence-corrected chi connectivity index (χ4v) is 7.16. The molecule has 0 radical (unpaired) electrons. The van der Waals surface area contributed by atoms with Crippen LogP contribution in [0.1, 0.15) is 61.8 Å². The van der Waals surface area contributed by atoms with Gasteiger partial charge in [-0.1, -0.05) is 18.2 Å². The minimum Gasteiger partial charge on any atom is -0.353 e. The van der Waals surface area contributed by atoms with Gasteiger partial charge >= 0.3 is 6.18 Å². The van der Waals surface area contributed by atoms with Gasteiger partial charge in [0.25, 0.3) is 0 Å². The molecular formula is C29H35F3N4O4S. The summed E-state index contributed by atoms with van der Waals surface area (Å²) in [5, 5.41) is 2.94. The number of carbonyl (C=O) groups excluding carboxylic acids is 2. The summed E-state index contributed by atoms with van der Waals surface area (Å²) in [6.07, 6.45) is -3.01. The van der Waals surface area contributed by atoms with Crippen LogP contribution >= 0.6 is 0 Å². The van der Waals surface area contributed by atoms with Crippen LogP contribution in [0.5, 0.6) is 0 Å². The normalized spacial score (nSPS) is 20.1. The number of nitrogens with zero attached hydrogens (tertiary/aromatic N) is 2. The Morgan fingerprint density at radius 1 is 1.12 bits per heavy atom.